The van der Waals surface area contributed by atoms with E-state index in [1.54, 1.807) is 6.92 Å². The van der Waals surface area contributed by atoms with Crippen LogP contribution in [0.3, 0.4) is 0 Å². The van der Waals surface area contributed by atoms with E-state index in [-0.39, 0.29) is 16.8 Å². The highest BCUT2D eigenvalue weighted by Gasteiger charge is 2.64. The molecule has 1 aromatic carbocycles. The number of primary amides is 1. The van der Waals surface area contributed by atoms with Crippen molar-refractivity contribution in [1.82, 2.24) is 0 Å². The van der Waals surface area contributed by atoms with Crippen LogP contribution in [0.15, 0.2) is 34.8 Å². The van der Waals surface area contributed by atoms with Gasteiger partial charge in [-0.05, 0) is 23.6 Å². The monoisotopic (exact) mass is 416 g/mol. The van der Waals surface area contributed by atoms with Gasteiger partial charge in [-0.2, -0.15) is 0 Å². The van der Waals surface area contributed by atoms with E-state index in [0.29, 0.717) is 0 Å². The van der Waals surface area contributed by atoms with Crippen LogP contribution in [0.4, 0.5) is 5.69 Å². The number of carbonyl (C=O) groups is 3. The average molecular weight is 416 g/mol. The second-order valence-electron chi connectivity index (χ2n) is 7.95. The molecule has 4 rings (SSSR count). The van der Waals surface area contributed by atoms with Gasteiger partial charge in [0.15, 0.2) is 11.4 Å². The molecule has 0 bridgehead atoms. The number of fused-ring (bicyclic) bond motifs is 3. The van der Waals surface area contributed by atoms with Crippen LogP contribution in [0.1, 0.15) is 35.2 Å². The van der Waals surface area contributed by atoms with Crippen molar-refractivity contribution in [3.05, 3.63) is 45.9 Å². The number of benzene rings is 1. The maximum atomic E-state index is 13.2. The van der Waals surface area contributed by atoms with Gasteiger partial charge in [-0.3, -0.25) is 14.4 Å². The third kappa shape index (κ3) is 2.17. The minimum absolute atomic E-state index is 0.189. The van der Waals surface area contributed by atoms with Crippen LogP contribution in [0.2, 0.25) is 0 Å². The molecule has 0 saturated carbocycles. The smallest absolute Gasteiger partial charge is 0.255 e. The van der Waals surface area contributed by atoms with E-state index in [0.717, 1.165) is 0 Å². The molecular formula is C20H20N2O8. The Morgan fingerprint density at radius 1 is 1.20 bits per heavy atom. The fraction of sp³-hybridized carbons (Fsp3) is 0.350. The summed E-state index contributed by atoms with van der Waals surface area (Å²) >= 11 is 0. The third-order valence-electron chi connectivity index (χ3n) is 6.51. The molecule has 30 heavy (non-hydrogen) atoms. The summed E-state index contributed by atoms with van der Waals surface area (Å²) in [7, 11) is 0. The molecule has 9 N–H and O–H groups in total. The quantitative estimate of drug-likeness (QED) is 0.182. The van der Waals surface area contributed by atoms with E-state index in [1.165, 1.54) is 12.1 Å². The van der Waals surface area contributed by atoms with Crippen LogP contribution in [0, 0.1) is 11.8 Å². The Kier molecular flexibility index (Phi) is 4.03. The van der Waals surface area contributed by atoms with E-state index in [4.69, 9.17) is 11.5 Å². The van der Waals surface area contributed by atoms with Gasteiger partial charge >= 0.3 is 0 Å². The predicted octanol–water partition coefficient (Wildman–Crippen LogP) is -0.306. The first-order chi connectivity index (χ1) is 13.9. The van der Waals surface area contributed by atoms with E-state index >= 15 is 0 Å². The number of carbonyl (C=O) groups excluding carboxylic acids is 3. The largest absolute Gasteiger partial charge is 0.511 e. The highest BCUT2D eigenvalue weighted by molar-refractivity contribution is 6.24. The number of aliphatic hydroxyl groups is 4. The van der Waals surface area contributed by atoms with E-state index in [2.05, 4.69) is 0 Å². The lowest BCUT2D eigenvalue weighted by molar-refractivity contribution is -0.154. The normalized spacial score (nSPS) is 33.2. The molecule has 0 heterocycles. The number of Topliss-reactive ketones (excluding diaryl/α,β-unsaturated/α-hetero) is 2. The van der Waals surface area contributed by atoms with Crippen LogP contribution in [-0.2, 0) is 9.59 Å². The van der Waals surface area contributed by atoms with Gasteiger partial charge in [-0.15, -0.1) is 0 Å². The van der Waals surface area contributed by atoms with E-state index < -0.39 is 81.8 Å². The fourth-order valence-corrected chi connectivity index (χ4v) is 5.11. The summed E-state index contributed by atoms with van der Waals surface area (Å²) in [6.07, 6.45) is -2.10. The lowest BCUT2D eigenvalue weighted by Gasteiger charge is -2.50. The number of ketones is 2. The van der Waals surface area contributed by atoms with Crippen molar-refractivity contribution in [2.24, 2.45) is 17.6 Å². The summed E-state index contributed by atoms with van der Waals surface area (Å²) in [5.74, 6) is -9.04. The topological polar surface area (TPSA) is 204 Å². The summed E-state index contributed by atoms with van der Waals surface area (Å²) < 4.78 is 0. The molecule has 0 radical (unpaired) electrons. The lowest BCUT2D eigenvalue weighted by atomic mass is 9.56. The number of nitrogens with two attached hydrogens (primary N) is 2. The third-order valence-corrected chi connectivity index (χ3v) is 6.51. The first-order valence-corrected chi connectivity index (χ1v) is 9.21. The summed E-state index contributed by atoms with van der Waals surface area (Å²) in [5, 5.41) is 53.5. The Balaban J connectivity index is 2.02. The van der Waals surface area contributed by atoms with Gasteiger partial charge in [0.1, 0.15) is 22.8 Å². The number of phenols is 1. The number of phenolic OH excluding ortho intramolecular Hbond substituents is 1. The van der Waals surface area contributed by atoms with E-state index in [9.17, 15) is 39.9 Å². The molecular weight excluding hydrogens is 396 g/mol. The maximum absolute atomic E-state index is 13.2. The Bertz CT molecular complexity index is 1100. The first-order valence-electron chi connectivity index (χ1n) is 9.21. The van der Waals surface area contributed by atoms with Crippen molar-refractivity contribution in [2.45, 2.75) is 31.0 Å². The standard InChI is InChI=1S/C20H20N2O8/c1-5-10-7(21)2-3-8(23)12(10)16(26)14-11(5)15(25)6-4-9(24)13(19(22)29)17(27)20(6,30)18(14)28/h2-3,5-6,11,15,23-25,28,30H,4,21H2,1H3,(H2,22,29)/t5-,6+,11+,15+,20+/m0/s1. The summed E-state index contributed by atoms with van der Waals surface area (Å²) in [6, 6.07) is 2.60. The molecule has 0 fully saturated rings. The number of hydrogen-bond acceptors (Lipinski definition) is 9. The van der Waals surface area contributed by atoms with Gasteiger partial charge in [0.2, 0.25) is 5.78 Å². The van der Waals surface area contributed by atoms with Crippen molar-refractivity contribution in [2.75, 3.05) is 5.73 Å². The second-order valence-corrected chi connectivity index (χ2v) is 7.95. The molecule has 0 saturated heterocycles. The zero-order valence-electron chi connectivity index (χ0n) is 15.8. The SMILES string of the molecule is C[C@H]1c2c(N)ccc(O)c2C(=O)C2=C(O)[C@]3(O)C(=O)C(C(N)=O)=C(O)C[C@@H]3[C@@H](O)[C@@H]21. The van der Waals surface area contributed by atoms with E-state index in [1.807, 2.05) is 0 Å². The second kappa shape index (κ2) is 6.07. The highest BCUT2D eigenvalue weighted by atomic mass is 16.4. The number of allylic oxidation sites excluding steroid dienone is 1. The number of aromatic hydroxyl groups is 1. The lowest BCUT2D eigenvalue weighted by Crippen LogP contribution is -2.62. The number of amides is 1. The average Bonchev–Trinajstić information content (AvgIpc) is 2.66. The first kappa shape index (κ1) is 19.9. The molecule has 3 aliphatic carbocycles. The van der Waals surface area contributed by atoms with Crippen molar-refractivity contribution in [3.8, 4) is 5.75 Å². The van der Waals surface area contributed by atoms with Crippen LogP contribution in [0.5, 0.6) is 5.75 Å². The maximum Gasteiger partial charge on any atom is 0.255 e. The van der Waals surface area contributed by atoms with Crippen molar-refractivity contribution in [3.63, 3.8) is 0 Å². The van der Waals surface area contributed by atoms with Crippen LogP contribution < -0.4 is 11.5 Å². The molecule has 5 atom stereocenters. The Morgan fingerprint density at radius 2 is 1.83 bits per heavy atom. The number of rotatable bonds is 1. The van der Waals surface area contributed by atoms with Gasteiger partial charge in [-0.25, -0.2) is 0 Å². The Morgan fingerprint density at radius 3 is 2.43 bits per heavy atom. The van der Waals surface area contributed by atoms with Crippen LogP contribution in [0.25, 0.3) is 0 Å². The molecule has 0 unspecified atom stereocenters. The van der Waals surface area contributed by atoms with Gasteiger partial charge < -0.3 is 37.0 Å². The van der Waals surface area contributed by atoms with Gasteiger partial charge in [-0.1, -0.05) is 6.92 Å². The van der Waals surface area contributed by atoms with Crippen molar-refractivity contribution < 1.29 is 39.9 Å². The van der Waals surface area contributed by atoms with Crippen molar-refractivity contribution >= 4 is 23.2 Å². The molecule has 0 aromatic heterocycles. The van der Waals surface area contributed by atoms with Crippen LogP contribution >= 0.6 is 0 Å². The minimum atomic E-state index is -2.84. The Labute approximate surface area is 169 Å². The molecule has 1 amide bonds. The highest BCUT2D eigenvalue weighted by Crippen LogP contribution is 2.55. The van der Waals surface area contributed by atoms with Gasteiger partial charge in [0.05, 0.1) is 11.7 Å². The number of anilines is 1. The Hall–Kier alpha value is -3.37. The minimum Gasteiger partial charge on any atom is -0.511 e. The number of aliphatic hydroxyl groups excluding tert-OH is 3. The summed E-state index contributed by atoms with van der Waals surface area (Å²) in [6.45, 7) is 1.61. The zero-order valence-corrected chi connectivity index (χ0v) is 15.8. The van der Waals surface area contributed by atoms with Crippen LogP contribution in [-0.4, -0.2) is 54.7 Å². The number of hydrogen-bond donors (Lipinski definition) is 7. The van der Waals surface area contributed by atoms with Gasteiger partial charge in [0, 0.05) is 29.5 Å². The molecule has 10 nitrogen and oxygen atoms in total. The van der Waals surface area contributed by atoms with Gasteiger partial charge in [0.25, 0.3) is 5.91 Å². The summed E-state index contributed by atoms with van der Waals surface area (Å²) in [5.41, 5.74) is 7.17. The van der Waals surface area contributed by atoms with Crippen molar-refractivity contribution in [1.29, 1.82) is 0 Å². The zero-order chi connectivity index (χ0) is 22.3. The summed E-state index contributed by atoms with van der Waals surface area (Å²) in [4.78, 5) is 37.7. The molecule has 3 aliphatic rings. The molecule has 10 heteroatoms. The number of nitrogen functional groups attached to an aromatic ring is 1. The molecule has 158 valence electrons. The molecule has 0 aliphatic heterocycles. The predicted molar refractivity (Wildman–Crippen MR) is 101 cm³/mol. The molecule has 0 spiro atoms. The fourth-order valence-electron chi connectivity index (χ4n) is 5.11. The molecule has 1 aromatic rings.